The second-order valence-electron chi connectivity index (χ2n) is 11.9. The van der Waals surface area contributed by atoms with E-state index in [9.17, 15) is 19.0 Å². The van der Waals surface area contributed by atoms with Crippen molar-refractivity contribution in [1.29, 1.82) is 0 Å². The third-order valence-corrected chi connectivity index (χ3v) is 8.52. The molecule has 0 aliphatic heterocycles. The van der Waals surface area contributed by atoms with Crippen LogP contribution in [0.3, 0.4) is 0 Å². The molecule has 2 atom stereocenters. The Balaban J connectivity index is 4.20. The highest BCUT2D eigenvalue weighted by Gasteiger charge is 2.25. The summed E-state index contributed by atoms with van der Waals surface area (Å²) >= 11 is 0. The van der Waals surface area contributed by atoms with Gasteiger partial charge in [-0.2, -0.15) is 0 Å². The van der Waals surface area contributed by atoms with Crippen molar-refractivity contribution in [1.82, 2.24) is 0 Å². The Morgan fingerprint density at radius 3 is 1.67 bits per heavy atom. The molecule has 0 aromatic heterocycles. The Morgan fingerprint density at radius 1 is 0.609 bits per heavy atom. The standard InChI is InChI=1S/C37H67O8P/c1-4-7-9-11-13-15-17-18-19-20-22-24-26-28-30-32-37(39)45-35(34-44-46(40,41)43-6-3)33-42-36(38)31-29-27-25-23-21-16-14-12-10-8-5-2/h7,9,13,15,18-19,35H,4-6,8,10-12,14,16-17,20-34H2,1-3H3,(H,40,41)/b9-7-,15-13-,19-18-. The van der Waals surface area contributed by atoms with Gasteiger partial charge in [-0.3, -0.25) is 18.6 Å². The largest absolute Gasteiger partial charge is 0.472 e. The lowest BCUT2D eigenvalue weighted by Crippen LogP contribution is -2.29. The summed E-state index contributed by atoms with van der Waals surface area (Å²) in [6.07, 6.45) is 34.8. The molecule has 0 heterocycles. The molecule has 0 aromatic carbocycles. The number of phosphoric acid groups is 1. The molecule has 0 aromatic rings. The van der Waals surface area contributed by atoms with Crippen LogP contribution in [0, 0.1) is 0 Å². The van der Waals surface area contributed by atoms with Crippen LogP contribution in [0.5, 0.6) is 0 Å². The van der Waals surface area contributed by atoms with Crippen LogP contribution in [0.4, 0.5) is 0 Å². The highest BCUT2D eigenvalue weighted by molar-refractivity contribution is 7.47. The fourth-order valence-corrected chi connectivity index (χ4v) is 5.57. The minimum absolute atomic E-state index is 0.00297. The first kappa shape index (κ1) is 44.3. The van der Waals surface area contributed by atoms with Crippen LogP contribution in [0.2, 0.25) is 0 Å². The molecule has 0 aliphatic carbocycles. The Bertz CT molecular complexity index is 854. The average molecular weight is 671 g/mol. The molecule has 0 saturated carbocycles. The van der Waals surface area contributed by atoms with Crippen molar-refractivity contribution in [2.24, 2.45) is 0 Å². The highest BCUT2D eigenvalue weighted by atomic mass is 31.2. The summed E-state index contributed by atoms with van der Waals surface area (Å²) in [7, 11) is -4.27. The summed E-state index contributed by atoms with van der Waals surface area (Å²) < 4.78 is 32.4. The minimum atomic E-state index is -4.27. The quantitative estimate of drug-likeness (QED) is 0.0318. The Labute approximate surface area is 281 Å². The zero-order valence-electron chi connectivity index (χ0n) is 29.5. The summed E-state index contributed by atoms with van der Waals surface area (Å²) in [6.45, 7) is 5.31. The fourth-order valence-electron chi connectivity index (χ4n) is 4.82. The monoisotopic (exact) mass is 670 g/mol. The molecule has 0 fully saturated rings. The Morgan fingerprint density at radius 2 is 1.11 bits per heavy atom. The van der Waals surface area contributed by atoms with E-state index in [-0.39, 0.29) is 25.6 Å². The van der Waals surface area contributed by atoms with E-state index in [1.807, 2.05) is 0 Å². The van der Waals surface area contributed by atoms with Crippen LogP contribution < -0.4 is 0 Å². The number of hydrogen-bond donors (Lipinski definition) is 1. The van der Waals surface area contributed by atoms with Gasteiger partial charge in [0.2, 0.25) is 0 Å². The predicted octanol–water partition coefficient (Wildman–Crippen LogP) is 10.9. The van der Waals surface area contributed by atoms with Gasteiger partial charge in [-0.05, 0) is 51.9 Å². The summed E-state index contributed by atoms with van der Waals surface area (Å²) in [4.78, 5) is 34.5. The molecule has 9 heteroatoms. The van der Waals surface area contributed by atoms with Crippen LogP contribution in [-0.4, -0.2) is 42.8 Å². The van der Waals surface area contributed by atoms with Gasteiger partial charge in [0.15, 0.2) is 6.10 Å². The zero-order chi connectivity index (χ0) is 34.0. The van der Waals surface area contributed by atoms with Gasteiger partial charge in [0.1, 0.15) is 6.61 Å². The van der Waals surface area contributed by atoms with E-state index >= 15 is 0 Å². The van der Waals surface area contributed by atoms with Crippen LogP contribution in [0.15, 0.2) is 36.5 Å². The van der Waals surface area contributed by atoms with Gasteiger partial charge in [0.25, 0.3) is 0 Å². The van der Waals surface area contributed by atoms with Gasteiger partial charge in [0, 0.05) is 12.8 Å². The van der Waals surface area contributed by atoms with Gasteiger partial charge < -0.3 is 14.4 Å². The topological polar surface area (TPSA) is 108 Å². The smallest absolute Gasteiger partial charge is 0.462 e. The lowest BCUT2D eigenvalue weighted by molar-refractivity contribution is -0.161. The van der Waals surface area contributed by atoms with E-state index in [2.05, 4.69) is 50.3 Å². The van der Waals surface area contributed by atoms with Crippen molar-refractivity contribution in [2.45, 2.75) is 168 Å². The zero-order valence-corrected chi connectivity index (χ0v) is 30.4. The van der Waals surface area contributed by atoms with Crippen molar-refractivity contribution in [3.05, 3.63) is 36.5 Å². The molecular formula is C37H67O8P. The molecule has 46 heavy (non-hydrogen) atoms. The van der Waals surface area contributed by atoms with E-state index in [4.69, 9.17) is 18.5 Å². The average Bonchev–Trinajstić information content (AvgIpc) is 3.03. The van der Waals surface area contributed by atoms with E-state index in [1.165, 1.54) is 51.4 Å². The molecule has 0 aliphatic rings. The second kappa shape index (κ2) is 33.2. The molecule has 0 saturated heterocycles. The number of hydrogen-bond acceptors (Lipinski definition) is 7. The lowest BCUT2D eigenvalue weighted by Gasteiger charge is -2.19. The Hall–Kier alpha value is -1.73. The van der Waals surface area contributed by atoms with Gasteiger partial charge in [-0.25, -0.2) is 4.57 Å². The third-order valence-electron chi connectivity index (χ3n) is 7.46. The molecule has 0 bridgehead atoms. The number of unbranched alkanes of at least 4 members (excludes halogenated alkanes) is 15. The normalized spacial score (nSPS) is 13.9. The minimum Gasteiger partial charge on any atom is -0.462 e. The molecule has 0 radical (unpaired) electrons. The molecule has 0 rings (SSSR count). The second-order valence-corrected chi connectivity index (χ2v) is 13.3. The molecule has 2 unspecified atom stereocenters. The van der Waals surface area contributed by atoms with E-state index in [0.717, 1.165) is 70.6 Å². The Kier molecular flexibility index (Phi) is 31.9. The SMILES string of the molecule is CC/C=C\C/C=C\C/C=C\CCCCCCCC(=O)OC(COC(=O)CCCCCCCCCCCCC)COP(=O)(O)OCC. The van der Waals surface area contributed by atoms with Gasteiger partial charge in [-0.15, -0.1) is 0 Å². The van der Waals surface area contributed by atoms with E-state index in [0.29, 0.717) is 12.8 Å². The summed E-state index contributed by atoms with van der Waals surface area (Å²) in [5.74, 6) is -0.819. The van der Waals surface area contributed by atoms with Gasteiger partial charge in [0.05, 0.1) is 13.2 Å². The first-order chi connectivity index (χ1) is 22.3. The first-order valence-electron chi connectivity index (χ1n) is 18.3. The molecule has 0 amide bonds. The summed E-state index contributed by atoms with van der Waals surface area (Å²) in [5.41, 5.74) is 0. The van der Waals surface area contributed by atoms with Crippen LogP contribution in [-0.2, 0) is 32.7 Å². The number of carbonyl (C=O) groups is 2. The first-order valence-corrected chi connectivity index (χ1v) is 19.8. The van der Waals surface area contributed by atoms with E-state index in [1.54, 1.807) is 6.92 Å². The number of ether oxygens (including phenoxy) is 2. The molecule has 8 nitrogen and oxygen atoms in total. The van der Waals surface area contributed by atoms with Crippen LogP contribution in [0.1, 0.15) is 162 Å². The van der Waals surface area contributed by atoms with Crippen LogP contribution >= 0.6 is 7.82 Å². The number of allylic oxidation sites excluding steroid dienone is 6. The number of rotatable bonds is 33. The van der Waals surface area contributed by atoms with Crippen molar-refractivity contribution in [3.8, 4) is 0 Å². The van der Waals surface area contributed by atoms with Crippen molar-refractivity contribution < 1.29 is 37.6 Å². The fraction of sp³-hybridized carbons (Fsp3) is 0.784. The van der Waals surface area contributed by atoms with Crippen molar-refractivity contribution in [3.63, 3.8) is 0 Å². The van der Waals surface area contributed by atoms with Crippen molar-refractivity contribution >= 4 is 19.8 Å². The summed E-state index contributed by atoms with van der Waals surface area (Å²) in [5, 5.41) is 0. The molecule has 0 spiro atoms. The molecule has 268 valence electrons. The van der Waals surface area contributed by atoms with Gasteiger partial charge in [-0.1, -0.05) is 134 Å². The predicted molar refractivity (Wildman–Crippen MR) is 189 cm³/mol. The maximum atomic E-state index is 12.5. The number of esters is 2. The molecular weight excluding hydrogens is 603 g/mol. The van der Waals surface area contributed by atoms with Crippen LogP contribution in [0.25, 0.3) is 0 Å². The molecule has 1 N–H and O–H groups in total. The maximum absolute atomic E-state index is 12.5. The number of carbonyl (C=O) groups excluding carboxylic acids is 2. The highest BCUT2D eigenvalue weighted by Crippen LogP contribution is 2.43. The van der Waals surface area contributed by atoms with E-state index < -0.39 is 26.5 Å². The number of phosphoric ester groups is 1. The van der Waals surface area contributed by atoms with Crippen molar-refractivity contribution in [2.75, 3.05) is 19.8 Å². The third kappa shape index (κ3) is 32.2. The van der Waals surface area contributed by atoms with Gasteiger partial charge >= 0.3 is 19.8 Å². The maximum Gasteiger partial charge on any atom is 0.472 e. The summed E-state index contributed by atoms with van der Waals surface area (Å²) in [6, 6.07) is 0. The lowest BCUT2D eigenvalue weighted by atomic mass is 10.1.